The van der Waals surface area contributed by atoms with Crippen LogP contribution in [0, 0.1) is 0 Å². The number of benzene rings is 1. The van der Waals surface area contributed by atoms with E-state index in [0.29, 0.717) is 12.0 Å². The fourth-order valence-corrected chi connectivity index (χ4v) is 2.47. The van der Waals surface area contributed by atoms with Gasteiger partial charge in [-0.2, -0.15) is 8.42 Å². The van der Waals surface area contributed by atoms with Crippen molar-refractivity contribution in [3.05, 3.63) is 28.8 Å². The summed E-state index contributed by atoms with van der Waals surface area (Å²) in [6.45, 7) is 1.79. The van der Waals surface area contributed by atoms with Crippen molar-refractivity contribution < 1.29 is 44.0 Å². The fourth-order valence-electron chi connectivity index (χ4n) is 1.12. The molecule has 0 radical (unpaired) electrons. The first kappa shape index (κ1) is 14.4. The molecule has 74 valence electrons. The van der Waals surface area contributed by atoms with Crippen molar-refractivity contribution in [1.29, 1.82) is 0 Å². The van der Waals surface area contributed by atoms with Crippen LogP contribution in [0.5, 0.6) is 0 Å². The van der Waals surface area contributed by atoms with Crippen LogP contribution in [0.2, 0.25) is 5.02 Å². The quantitative estimate of drug-likeness (QED) is 0.551. The molecule has 0 saturated carbocycles. The average molecular weight is 245 g/mol. The molecule has 0 fully saturated rings. The summed E-state index contributed by atoms with van der Waals surface area (Å²) in [6.07, 6.45) is 0.510. The first-order chi connectivity index (χ1) is 5.96. The van der Waals surface area contributed by atoms with E-state index in [2.05, 4.69) is 0 Å². The van der Waals surface area contributed by atoms with Crippen LogP contribution in [0.25, 0.3) is 0 Å². The Labute approximate surface area is 112 Å². The van der Waals surface area contributed by atoms with Crippen LogP contribution in [-0.2, 0) is 16.5 Å². The molecule has 1 aromatic carbocycles. The number of halogens is 1. The zero-order valence-electron chi connectivity index (χ0n) is 8.99. The summed E-state index contributed by atoms with van der Waals surface area (Å²) in [6, 6.07) is 4.70. The van der Waals surface area contributed by atoms with Gasteiger partial charge in [0.25, 0.3) is 10.1 Å². The minimum Gasteiger partial charge on any atom is -1.00 e. The molecule has 0 amide bonds. The second-order valence-electron chi connectivity index (χ2n) is 2.56. The molecule has 1 N–H and O–H groups in total. The predicted octanol–water partition coefficient (Wildman–Crippen LogP) is -0.734. The third-order valence-corrected chi connectivity index (χ3v) is 3.11. The Morgan fingerprint density at radius 3 is 2.43 bits per heavy atom. The molecule has 0 spiro atoms. The molecule has 1 aromatic rings. The Morgan fingerprint density at radius 1 is 1.50 bits per heavy atom. The molecule has 0 bridgehead atoms. The number of aryl methyl sites for hydroxylation is 1. The van der Waals surface area contributed by atoms with Crippen LogP contribution in [-0.4, -0.2) is 13.0 Å². The van der Waals surface area contributed by atoms with Gasteiger partial charge in [0.05, 0.1) is 5.02 Å². The van der Waals surface area contributed by atoms with Gasteiger partial charge in [0.1, 0.15) is 4.90 Å². The first-order valence-electron chi connectivity index (χ1n) is 3.71. The average Bonchev–Trinajstić information content (AvgIpc) is 2.01. The zero-order valence-corrected chi connectivity index (χ0v) is 11.6. The first-order valence-corrected chi connectivity index (χ1v) is 5.53. The van der Waals surface area contributed by atoms with E-state index < -0.39 is 10.1 Å². The van der Waals surface area contributed by atoms with Crippen molar-refractivity contribution in [2.45, 2.75) is 18.2 Å². The SMILES string of the molecule is CCc1cccc(Cl)c1S(=O)(=O)O.[H-].[Na+]. The molecule has 0 aromatic heterocycles. The van der Waals surface area contributed by atoms with E-state index in [1.165, 1.54) is 6.07 Å². The molecule has 0 unspecified atom stereocenters. The number of hydrogen-bond donors (Lipinski definition) is 1. The number of rotatable bonds is 2. The smallest absolute Gasteiger partial charge is 1.00 e. The molecule has 0 aliphatic heterocycles. The van der Waals surface area contributed by atoms with Crippen LogP contribution in [0.1, 0.15) is 13.9 Å². The summed E-state index contributed by atoms with van der Waals surface area (Å²) in [7, 11) is -4.21. The Balaban J connectivity index is 0. The van der Waals surface area contributed by atoms with Crippen LogP contribution < -0.4 is 29.6 Å². The molecule has 0 heterocycles. The van der Waals surface area contributed by atoms with Gasteiger partial charge in [-0.25, -0.2) is 0 Å². The van der Waals surface area contributed by atoms with Gasteiger partial charge in [-0.3, -0.25) is 4.55 Å². The maximum Gasteiger partial charge on any atom is 1.00 e. The van der Waals surface area contributed by atoms with E-state index in [1.54, 1.807) is 19.1 Å². The van der Waals surface area contributed by atoms with Crippen molar-refractivity contribution in [3.8, 4) is 0 Å². The van der Waals surface area contributed by atoms with E-state index in [9.17, 15) is 8.42 Å². The molecule has 0 atom stereocenters. The van der Waals surface area contributed by atoms with Gasteiger partial charge >= 0.3 is 29.6 Å². The van der Waals surface area contributed by atoms with Gasteiger partial charge in [0.15, 0.2) is 0 Å². The topological polar surface area (TPSA) is 54.4 Å². The Kier molecular flexibility index (Phi) is 5.65. The van der Waals surface area contributed by atoms with Gasteiger partial charge in [-0.1, -0.05) is 30.7 Å². The molecule has 6 heteroatoms. The normalized spacial score (nSPS) is 10.8. The molecular formula is C8H10ClNaO3S. The molecule has 1 rings (SSSR count). The van der Waals surface area contributed by atoms with Crippen molar-refractivity contribution >= 4 is 21.7 Å². The minimum absolute atomic E-state index is 0. The van der Waals surface area contributed by atoms with E-state index in [0.717, 1.165) is 0 Å². The Bertz CT molecular complexity index is 422. The summed E-state index contributed by atoms with van der Waals surface area (Å²) in [5, 5.41) is 0.0573. The standard InChI is InChI=1S/C8H9ClO3S.Na.H/c1-2-6-4-3-5-7(9)8(6)13(10,11)12;;/h3-5H,2H2,1H3,(H,10,11,12);;/q;+1;-1. The summed E-state index contributed by atoms with van der Waals surface area (Å²) >= 11 is 5.65. The maximum atomic E-state index is 10.9. The van der Waals surface area contributed by atoms with Crippen LogP contribution in [0.4, 0.5) is 0 Å². The second kappa shape index (κ2) is 5.49. The van der Waals surface area contributed by atoms with Gasteiger partial charge in [-0.15, -0.1) is 0 Å². The second-order valence-corrected chi connectivity index (χ2v) is 4.32. The summed E-state index contributed by atoms with van der Waals surface area (Å²) in [5.74, 6) is 0. The van der Waals surface area contributed by atoms with Crippen molar-refractivity contribution in [2.24, 2.45) is 0 Å². The predicted molar refractivity (Wildman–Crippen MR) is 51.8 cm³/mol. The monoisotopic (exact) mass is 244 g/mol. The van der Waals surface area contributed by atoms with Crippen LogP contribution in [0.15, 0.2) is 23.1 Å². The molecule has 3 nitrogen and oxygen atoms in total. The van der Waals surface area contributed by atoms with E-state index >= 15 is 0 Å². The molecule has 0 saturated heterocycles. The van der Waals surface area contributed by atoms with Crippen molar-refractivity contribution in [2.75, 3.05) is 0 Å². The van der Waals surface area contributed by atoms with Gasteiger partial charge in [0, 0.05) is 0 Å². The Hall–Kier alpha value is 0.420. The molecule has 14 heavy (non-hydrogen) atoms. The Morgan fingerprint density at radius 2 is 2.07 bits per heavy atom. The molecular weight excluding hydrogens is 235 g/mol. The van der Waals surface area contributed by atoms with Crippen molar-refractivity contribution in [1.82, 2.24) is 0 Å². The summed E-state index contributed by atoms with van der Waals surface area (Å²) in [4.78, 5) is -0.181. The van der Waals surface area contributed by atoms with Crippen LogP contribution in [0.3, 0.4) is 0 Å². The van der Waals surface area contributed by atoms with Gasteiger partial charge in [0.2, 0.25) is 0 Å². The van der Waals surface area contributed by atoms with E-state index in [1.807, 2.05) is 0 Å². The molecule has 0 aliphatic rings. The van der Waals surface area contributed by atoms with Gasteiger partial charge in [-0.05, 0) is 18.1 Å². The summed E-state index contributed by atoms with van der Waals surface area (Å²) in [5.41, 5.74) is 0.523. The fraction of sp³-hybridized carbons (Fsp3) is 0.250. The van der Waals surface area contributed by atoms with Crippen molar-refractivity contribution in [3.63, 3.8) is 0 Å². The minimum atomic E-state index is -4.21. The van der Waals surface area contributed by atoms with Gasteiger partial charge < -0.3 is 1.43 Å². The van der Waals surface area contributed by atoms with E-state index in [4.69, 9.17) is 16.2 Å². The summed E-state index contributed by atoms with van der Waals surface area (Å²) < 4.78 is 30.7. The zero-order chi connectivity index (χ0) is 10.1. The largest absolute Gasteiger partial charge is 1.00 e. The number of hydrogen-bond acceptors (Lipinski definition) is 2. The maximum absolute atomic E-state index is 10.9. The molecule has 0 aliphatic carbocycles. The van der Waals surface area contributed by atoms with Crippen LogP contribution >= 0.6 is 11.6 Å². The third kappa shape index (κ3) is 3.22. The third-order valence-electron chi connectivity index (χ3n) is 1.69. The van der Waals surface area contributed by atoms with E-state index in [-0.39, 0.29) is 40.9 Å².